The monoisotopic (exact) mass is 427 g/mol. The number of hydrogen-bond donors (Lipinski definition) is 2. The molecule has 0 bridgehead atoms. The highest BCUT2D eigenvalue weighted by Crippen LogP contribution is 2.36. The van der Waals surface area contributed by atoms with Crippen molar-refractivity contribution in [2.75, 3.05) is 26.8 Å². The van der Waals surface area contributed by atoms with Gasteiger partial charge in [0.05, 0.1) is 19.8 Å². The van der Waals surface area contributed by atoms with Crippen molar-refractivity contribution in [1.29, 1.82) is 0 Å². The van der Waals surface area contributed by atoms with E-state index in [1.54, 1.807) is 7.11 Å². The Morgan fingerprint density at radius 3 is 2.55 bits per heavy atom. The van der Waals surface area contributed by atoms with Gasteiger partial charge in [-0.25, -0.2) is 0 Å². The third kappa shape index (κ3) is 5.57. The summed E-state index contributed by atoms with van der Waals surface area (Å²) in [5.41, 5.74) is 0.701. The molecule has 2 aromatic rings. The van der Waals surface area contributed by atoms with Crippen molar-refractivity contribution >= 4 is 5.97 Å². The van der Waals surface area contributed by atoms with Crippen molar-refractivity contribution in [3.8, 4) is 11.5 Å². The minimum atomic E-state index is -1.23. The van der Waals surface area contributed by atoms with Crippen molar-refractivity contribution in [1.82, 2.24) is 4.90 Å². The van der Waals surface area contributed by atoms with Gasteiger partial charge in [-0.05, 0) is 42.0 Å². The summed E-state index contributed by atoms with van der Waals surface area (Å²) in [5, 5.41) is 20.8. The number of carboxylic acid groups (broad SMARTS) is 1. The van der Waals surface area contributed by atoms with Gasteiger partial charge in [0.25, 0.3) is 0 Å². The zero-order valence-corrected chi connectivity index (χ0v) is 18.6. The minimum absolute atomic E-state index is 0.284. The van der Waals surface area contributed by atoms with Gasteiger partial charge >= 0.3 is 5.97 Å². The number of hydrogen-bond acceptors (Lipinski definition) is 5. The summed E-state index contributed by atoms with van der Waals surface area (Å²) in [5.74, 6) is 0.837. The van der Waals surface area contributed by atoms with Crippen LogP contribution in [0.15, 0.2) is 48.5 Å². The van der Waals surface area contributed by atoms with Crippen LogP contribution in [0.25, 0.3) is 0 Å². The fourth-order valence-electron chi connectivity index (χ4n) is 4.16. The molecule has 0 spiro atoms. The van der Waals surface area contributed by atoms with E-state index in [0.29, 0.717) is 50.0 Å². The van der Waals surface area contributed by atoms with Crippen LogP contribution in [0.4, 0.5) is 0 Å². The molecule has 6 nitrogen and oxygen atoms in total. The molecule has 6 heteroatoms. The molecule has 1 heterocycles. The molecular formula is C25H33NO5. The molecule has 2 N–H and O–H groups in total. The summed E-state index contributed by atoms with van der Waals surface area (Å²) >= 11 is 0. The van der Waals surface area contributed by atoms with Crippen molar-refractivity contribution < 1.29 is 24.5 Å². The number of ether oxygens (including phenoxy) is 2. The van der Waals surface area contributed by atoms with Crippen LogP contribution in [-0.4, -0.2) is 54.0 Å². The lowest BCUT2D eigenvalue weighted by Crippen LogP contribution is -2.56. The number of nitrogens with zero attached hydrogens (tertiary/aromatic N) is 1. The highest BCUT2D eigenvalue weighted by molar-refractivity contribution is 5.76. The SMILES string of the molecule is COc1cc(CN2CC[C@@H](O)[C@](Cc3ccccc3)(C(=O)O)C2)ccc1OCC(C)C. The Labute approximate surface area is 184 Å². The number of likely N-dealkylation sites (tertiary alicyclic amines) is 1. The maximum absolute atomic E-state index is 12.3. The summed E-state index contributed by atoms with van der Waals surface area (Å²) in [4.78, 5) is 14.4. The molecule has 0 saturated carbocycles. The second-order valence-electron chi connectivity index (χ2n) is 8.83. The largest absolute Gasteiger partial charge is 0.493 e. The van der Waals surface area contributed by atoms with E-state index >= 15 is 0 Å². The number of methoxy groups -OCH3 is 1. The number of benzene rings is 2. The molecule has 2 atom stereocenters. The molecule has 1 aliphatic rings. The zero-order valence-electron chi connectivity index (χ0n) is 18.6. The molecule has 0 amide bonds. The van der Waals surface area contributed by atoms with E-state index in [2.05, 4.69) is 18.7 Å². The molecule has 31 heavy (non-hydrogen) atoms. The van der Waals surface area contributed by atoms with Crippen LogP contribution in [0.3, 0.4) is 0 Å². The maximum Gasteiger partial charge on any atom is 0.313 e. The average Bonchev–Trinajstić information content (AvgIpc) is 2.75. The lowest BCUT2D eigenvalue weighted by molar-refractivity contribution is -0.163. The van der Waals surface area contributed by atoms with E-state index in [4.69, 9.17) is 9.47 Å². The van der Waals surface area contributed by atoms with Crippen LogP contribution in [-0.2, 0) is 17.8 Å². The first-order valence-corrected chi connectivity index (χ1v) is 10.8. The Morgan fingerprint density at radius 1 is 1.16 bits per heavy atom. The topological polar surface area (TPSA) is 79.2 Å². The molecule has 2 aromatic carbocycles. The highest BCUT2D eigenvalue weighted by atomic mass is 16.5. The second kappa shape index (κ2) is 10.2. The van der Waals surface area contributed by atoms with Gasteiger partial charge in [-0.15, -0.1) is 0 Å². The summed E-state index contributed by atoms with van der Waals surface area (Å²) in [6, 6.07) is 15.4. The van der Waals surface area contributed by atoms with E-state index in [0.717, 1.165) is 11.1 Å². The lowest BCUT2D eigenvalue weighted by Gasteiger charge is -2.43. The fraction of sp³-hybridized carbons (Fsp3) is 0.480. The smallest absolute Gasteiger partial charge is 0.313 e. The molecule has 168 valence electrons. The van der Waals surface area contributed by atoms with E-state index in [-0.39, 0.29) is 6.54 Å². The Kier molecular flexibility index (Phi) is 7.57. The van der Waals surface area contributed by atoms with Crippen LogP contribution in [0.2, 0.25) is 0 Å². The number of rotatable bonds is 9. The van der Waals surface area contributed by atoms with Gasteiger partial charge in [0.2, 0.25) is 0 Å². The van der Waals surface area contributed by atoms with Crippen LogP contribution in [0.1, 0.15) is 31.4 Å². The van der Waals surface area contributed by atoms with Gasteiger partial charge in [-0.1, -0.05) is 50.2 Å². The molecule has 1 saturated heterocycles. The summed E-state index contributed by atoms with van der Waals surface area (Å²) < 4.78 is 11.3. The molecular weight excluding hydrogens is 394 g/mol. The number of carbonyl (C=O) groups is 1. The predicted molar refractivity (Wildman–Crippen MR) is 119 cm³/mol. The fourth-order valence-corrected chi connectivity index (χ4v) is 4.16. The number of aliphatic carboxylic acids is 1. The average molecular weight is 428 g/mol. The predicted octanol–water partition coefficient (Wildman–Crippen LogP) is 3.61. The van der Waals surface area contributed by atoms with Crippen LogP contribution in [0, 0.1) is 11.3 Å². The van der Waals surface area contributed by atoms with Gasteiger partial charge in [-0.2, -0.15) is 0 Å². The van der Waals surface area contributed by atoms with Crippen molar-refractivity contribution in [2.45, 2.75) is 39.3 Å². The Bertz CT molecular complexity index is 869. The molecule has 1 aliphatic heterocycles. The number of piperidine rings is 1. The molecule has 0 radical (unpaired) electrons. The van der Waals surface area contributed by atoms with Crippen molar-refractivity contribution in [3.05, 3.63) is 59.7 Å². The maximum atomic E-state index is 12.3. The molecule has 0 aliphatic carbocycles. The van der Waals surface area contributed by atoms with Crippen molar-refractivity contribution in [2.24, 2.45) is 11.3 Å². The Balaban J connectivity index is 1.77. The Morgan fingerprint density at radius 2 is 1.90 bits per heavy atom. The van der Waals surface area contributed by atoms with E-state index in [9.17, 15) is 15.0 Å². The molecule has 3 rings (SSSR count). The zero-order chi connectivity index (χ0) is 22.4. The molecule has 1 fully saturated rings. The Hall–Kier alpha value is -2.57. The molecule has 0 aromatic heterocycles. The number of aliphatic hydroxyl groups excluding tert-OH is 1. The van der Waals surface area contributed by atoms with Gasteiger partial charge in [-0.3, -0.25) is 9.69 Å². The number of aliphatic hydroxyl groups is 1. The summed E-state index contributed by atoms with van der Waals surface area (Å²) in [6.07, 6.45) is -0.166. The standard InChI is InChI=1S/C25H33NO5/c1-18(2)16-31-21-10-9-20(13-22(21)30-3)15-26-12-11-23(27)25(17-26,24(28)29)14-19-7-5-4-6-8-19/h4-10,13,18,23,27H,11-12,14-17H2,1-3H3,(H,28,29)/t23-,25-/m1/s1. The molecule has 0 unspecified atom stereocenters. The summed E-state index contributed by atoms with van der Waals surface area (Å²) in [7, 11) is 1.62. The normalized spacial score (nSPS) is 21.8. The minimum Gasteiger partial charge on any atom is -0.493 e. The van der Waals surface area contributed by atoms with Gasteiger partial charge in [0, 0.05) is 19.6 Å². The first kappa shape index (κ1) is 23.1. The van der Waals surface area contributed by atoms with Crippen molar-refractivity contribution in [3.63, 3.8) is 0 Å². The van der Waals surface area contributed by atoms with Gasteiger partial charge in [0.15, 0.2) is 11.5 Å². The van der Waals surface area contributed by atoms with E-state index in [1.165, 1.54) is 0 Å². The van der Waals surface area contributed by atoms with Crippen LogP contribution < -0.4 is 9.47 Å². The third-order valence-corrected chi connectivity index (χ3v) is 5.86. The van der Waals surface area contributed by atoms with Gasteiger partial charge in [0.1, 0.15) is 5.41 Å². The first-order chi connectivity index (χ1) is 14.8. The lowest BCUT2D eigenvalue weighted by atomic mass is 9.72. The van der Waals surface area contributed by atoms with E-state index in [1.807, 2.05) is 48.5 Å². The number of carboxylic acids is 1. The van der Waals surface area contributed by atoms with E-state index < -0.39 is 17.5 Å². The highest BCUT2D eigenvalue weighted by Gasteiger charge is 2.49. The van der Waals surface area contributed by atoms with Crippen LogP contribution >= 0.6 is 0 Å². The second-order valence-corrected chi connectivity index (χ2v) is 8.83. The van der Waals surface area contributed by atoms with Gasteiger partial charge < -0.3 is 19.7 Å². The quantitative estimate of drug-likeness (QED) is 0.637. The third-order valence-electron chi connectivity index (χ3n) is 5.86. The summed E-state index contributed by atoms with van der Waals surface area (Å²) in [6.45, 7) is 6.30. The first-order valence-electron chi connectivity index (χ1n) is 10.8. The van der Waals surface area contributed by atoms with Crippen LogP contribution in [0.5, 0.6) is 11.5 Å².